The van der Waals surface area contributed by atoms with Crippen LogP contribution in [0.3, 0.4) is 0 Å². The van der Waals surface area contributed by atoms with Crippen molar-refractivity contribution in [2.45, 2.75) is 25.9 Å². The number of aromatic nitrogens is 1. The monoisotopic (exact) mass is 400 g/mol. The molecule has 3 N–H and O–H groups in total. The summed E-state index contributed by atoms with van der Waals surface area (Å²) >= 11 is 0. The Kier molecular flexibility index (Phi) is 6.35. The van der Waals surface area contributed by atoms with E-state index in [0.29, 0.717) is 13.2 Å². The number of H-pyrrole nitrogens is 1. The quantitative estimate of drug-likeness (QED) is 0.354. The Morgan fingerprint density at radius 3 is 2.37 bits per heavy atom. The number of hydrogen-bond acceptors (Lipinski definition) is 3. The van der Waals surface area contributed by atoms with Gasteiger partial charge in [0.25, 0.3) is 0 Å². The van der Waals surface area contributed by atoms with Gasteiger partial charge in [-0.15, -0.1) is 0 Å². The Morgan fingerprint density at radius 2 is 1.63 bits per heavy atom. The summed E-state index contributed by atoms with van der Waals surface area (Å²) in [6.07, 6.45) is 3.04. The predicted octanol–water partition coefficient (Wildman–Crippen LogP) is 5.70. The van der Waals surface area contributed by atoms with Crippen molar-refractivity contribution < 1.29 is 9.47 Å². The summed E-state index contributed by atoms with van der Waals surface area (Å²) in [6, 6.07) is 24.7. The van der Waals surface area contributed by atoms with E-state index in [1.165, 1.54) is 10.9 Å². The topological polar surface area (TPSA) is 60.3 Å². The fraction of sp³-hybridized carbons (Fsp3) is 0.231. The number of ether oxygens (including phenoxy) is 2. The third kappa shape index (κ3) is 4.50. The van der Waals surface area contributed by atoms with Crippen LogP contribution in [0, 0.1) is 0 Å². The molecular weight excluding hydrogens is 372 g/mol. The van der Waals surface area contributed by atoms with Crippen molar-refractivity contribution in [1.82, 2.24) is 4.98 Å². The Morgan fingerprint density at radius 1 is 0.867 bits per heavy atom. The second kappa shape index (κ2) is 9.51. The lowest BCUT2D eigenvalue weighted by Crippen LogP contribution is -1.99. The standard InChI is InChI=1S/C26H28N2O2/c1-29-21-12-10-20(11-13-21)26-23(9-5-6-16-27)24-17-22(14-15-25(24)28-26)30-18-19-7-3-2-4-8-19/h2-4,7-8,10-15,17,28H,5-6,9,16,18,27H2,1H3. The molecule has 154 valence electrons. The molecule has 4 aromatic rings. The summed E-state index contributed by atoms with van der Waals surface area (Å²) in [5, 5.41) is 1.21. The van der Waals surface area contributed by atoms with E-state index in [9.17, 15) is 0 Å². The van der Waals surface area contributed by atoms with Crippen LogP contribution in [0.25, 0.3) is 22.2 Å². The minimum absolute atomic E-state index is 0.560. The molecule has 0 saturated carbocycles. The number of nitrogens with two attached hydrogens (primary N) is 1. The van der Waals surface area contributed by atoms with Crippen molar-refractivity contribution in [3.05, 3.63) is 83.9 Å². The highest BCUT2D eigenvalue weighted by atomic mass is 16.5. The van der Waals surface area contributed by atoms with Crippen molar-refractivity contribution in [2.24, 2.45) is 5.73 Å². The molecule has 4 nitrogen and oxygen atoms in total. The van der Waals surface area contributed by atoms with Crippen LogP contribution < -0.4 is 15.2 Å². The van der Waals surface area contributed by atoms with Gasteiger partial charge in [0.2, 0.25) is 0 Å². The van der Waals surface area contributed by atoms with E-state index >= 15 is 0 Å². The first-order chi connectivity index (χ1) is 14.8. The fourth-order valence-corrected chi connectivity index (χ4v) is 3.77. The van der Waals surface area contributed by atoms with Crippen LogP contribution in [-0.4, -0.2) is 18.6 Å². The Bertz CT molecular complexity index is 1090. The smallest absolute Gasteiger partial charge is 0.120 e. The van der Waals surface area contributed by atoms with Crippen molar-refractivity contribution >= 4 is 10.9 Å². The predicted molar refractivity (Wildman–Crippen MR) is 123 cm³/mol. The molecule has 0 aliphatic heterocycles. The van der Waals surface area contributed by atoms with Gasteiger partial charge in [0.05, 0.1) is 7.11 Å². The molecular formula is C26H28N2O2. The summed E-state index contributed by atoms with van der Waals surface area (Å²) in [4.78, 5) is 3.62. The van der Waals surface area contributed by atoms with Gasteiger partial charge in [-0.25, -0.2) is 0 Å². The molecule has 4 rings (SSSR count). The highest BCUT2D eigenvalue weighted by Crippen LogP contribution is 2.34. The van der Waals surface area contributed by atoms with Crippen molar-refractivity contribution in [3.63, 3.8) is 0 Å². The molecule has 0 atom stereocenters. The average molecular weight is 401 g/mol. The number of benzene rings is 3. The largest absolute Gasteiger partial charge is 0.497 e. The maximum atomic E-state index is 6.08. The zero-order chi connectivity index (χ0) is 20.8. The van der Waals surface area contributed by atoms with Gasteiger partial charge in [-0.2, -0.15) is 0 Å². The number of aromatic amines is 1. The number of aryl methyl sites for hydroxylation is 1. The highest BCUT2D eigenvalue weighted by Gasteiger charge is 2.14. The van der Waals surface area contributed by atoms with Gasteiger partial charge >= 0.3 is 0 Å². The van der Waals surface area contributed by atoms with Crippen LogP contribution in [0.5, 0.6) is 11.5 Å². The lowest BCUT2D eigenvalue weighted by molar-refractivity contribution is 0.306. The van der Waals surface area contributed by atoms with Gasteiger partial charge < -0.3 is 20.2 Å². The molecule has 0 saturated heterocycles. The first-order valence-corrected chi connectivity index (χ1v) is 10.4. The second-order valence-electron chi connectivity index (χ2n) is 7.43. The number of nitrogens with one attached hydrogen (secondary N) is 1. The number of rotatable bonds is 9. The first-order valence-electron chi connectivity index (χ1n) is 10.4. The van der Waals surface area contributed by atoms with Crippen LogP contribution in [-0.2, 0) is 13.0 Å². The van der Waals surface area contributed by atoms with Crippen LogP contribution in [0.2, 0.25) is 0 Å². The molecule has 3 aromatic carbocycles. The molecule has 1 heterocycles. The fourth-order valence-electron chi connectivity index (χ4n) is 3.77. The van der Waals surface area contributed by atoms with Gasteiger partial charge in [0.1, 0.15) is 18.1 Å². The molecule has 0 unspecified atom stereocenters. The van der Waals surface area contributed by atoms with E-state index in [1.54, 1.807) is 7.11 Å². The van der Waals surface area contributed by atoms with Crippen LogP contribution in [0.15, 0.2) is 72.8 Å². The third-order valence-corrected chi connectivity index (χ3v) is 5.39. The maximum Gasteiger partial charge on any atom is 0.120 e. The van der Waals surface area contributed by atoms with Crippen molar-refractivity contribution in [2.75, 3.05) is 13.7 Å². The molecule has 0 bridgehead atoms. The number of fused-ring (bicyclic) bond motifs is 1. The van der Waals surface area contributed by atoms with Gasteiger partial charge in [-0.3, -0.25) is 0 Å². The maximum absolute atomic E-state index is 6.08. The molecule has 0 radical (unpaired) electrons. The van der Waals surface area contributed by atoms with Gasteiger partial charge in [0.15, 0.2) is 0 Å². The summed E-state index contributed by atoms with van der Waals surface area (Å²) in [6.45, 7) is 1.27. The number of hydrogen-bond donors (Lipinski definition) is 2. The molecule has 0 aliphatic rings. The van der Waals surface area contributed by atoms with E-state index in [1.807, 2.05) is 36.4 Å². The highest BCUT2D eigenvalue weighted by molar-refractivity contribution is 5.91. The molecule has 0 fully saturated rings. The van der Waals surface area contributed by atoms with E-state index < -0.39 is 0 Å². The SMILES string of the molecule is COc1ccc(-c2[nH]c3ccc(OCc4ccccc4)cc3c2CCCCN)cc1. The lowest BCUT2D eigenvalue weighted by Gasteiger charge is -2.08. The zero-order valence-corrected chi connectivity index (χ0v) is 17.4. The van der Waals surface area contributed by atoms with Crippen molar-refractivity contribution in [3.8, 4) is 22.8 Å². The normalized spacial score (nSPS) is 11.0. The molecule has 1 aromatic heterocycles. The Labute approximate surface area is 177 Å². The minimum atomic E-state index is 0.560. The van der Waals surface area contributed by atoms with E-state index in [4.69, 9.17) is 15.2 Å². The average Bonchev–Trinajstić information content (AvgIpc) is 3.16. The van der Waals surface area contributed by atoms with E-state index in [2.05, 4.69) is 41.4 Å². The second-order valence-corrected chi connectivity index (χ2v) is 7.43. The van der Waals surface area contributed by atoms with Gasteiger partial charge in [0, 0.05) is 16.6 Å². The van der Waals surface area contributed by atoms with E-state index in [0.717, 1.165) is 53.1 Å². The summed E-state index contributed by atoms with van der Waals surface area (Å²) in [5.41, 5.74) is 11.6. The first kappa shape index (κ1) is 20.0. The zero-order valence-electron chi connectivity index (χ0n) is 17.4. The summed E-state index contributed by atoms with van der Waals surface area (Å²) in [7, 11) is 1.69. The Hall–Kier alpha value is -3.24. The molecule has 0 amide bonds. The third-order valence-electron chi connectivity index (χ3n) is 5.39. The summed E-state index contributed by atoms with van der Waals surface area (Å²) < 4.78 is 11.4. The Balaban J connectivity index is 1.67. The number of methoxy groups -OCH3 is 1. The summed E-state index contributed by atoms with van der Waals surface area (Å²) in [5.74, 6) is 1.74. The van der Waals surface area contributed by atoms with E-state index in [-0.39, 0.29) is 0 Å². The molecule has 0 spiro atoms. The number of unbranched alkanes of at least 4 members (excludes halogenated alkanes) is 1. The van der Waals surface area contributed by atoms with Gasteiger partial charge in [-0.1, -0.05) is 30.3 Å². The molecule has 30 heavy (non-hydrogen) atoms. The van der Waals surface area contributed by atoms with Gasteiger partial charge in [-0.05, 0) is 85.0 Å². The minimum Gasteiger partial charge on any atom is -0.497 e. The van der Waals surface area contributed by atoms with Crippen LogP contribution in [0.4, 0.5) is 0 Å². The van der Waals surface area contributed by atoms with Crippen molar-refractivity contribution in [1.29, 1.82) is 0 Å². The van der Waals surface area contributed by atoms with Crippen LogP contribution in [0.1, 0.15) is 24.0 Å². The van der Waals surface area contributed by atoms with Crippen LogP contribution >= 0.6 is 0 Å². The lowest BCUT2D eigenvalue weighted by atomic mass is 10.00. The molecule has 4 heteroatoms. The molecule has 0 aliphatic carbocycles.